The number of amides is 2. The zero-order valence-electron chi connectivity index (χ0n) is 19.7. The van der Waals surface area contributed by atoms with Crippen molar-refractivity contribution in [2.75, 3.05) is 7.05 Å². The fraction of sp³-hybridized carbons (Fsp3) is 0.269. The van der Waals surface area contributed by atoms with Gasteiger partial charge in [0.2, 0.25) is 0 Å². The van der Waals surface area contributed by atoms with Crippen LogP contribution in [0.25, 0.3) is 26.7 Å². The molecule has 2 amide bonds. The highest BCUT2D eigenvalue weighted by Crippen LogP contribution is 2.35. The molecular weight excluding hydrogens is 432 g/mol. The lowest BCUT2D eigenvalue weighted by atomic mass is 10.0. The maximum absolute atomic E-state index is 12.8. The highest BCUT2D eigenvalue weighted by atomic mass is 32.1. The van der Waals surface area contributed by atoms with Crippen molar-refractivity contribution in [1.29, 1.82) is 0 Å². The zero-order valence-corrected chi connectivity index (χ0v) is 20.6. The van der Waals surface area contributed by atoms with Crippen LogP contribution in [-0.4, -0.2) is 33.8 Å². The third kappa shape index (κ3) is 4.54. The minimum absolute atomic E-state index is 0.113. The Bertz CT molecular complexity index is 1360. The summed E-state index contributed by atoms with van der Waals surface area (Å²) in [5.74, 6) is -0.310. The number of benzene rings is 2. The third-order valence-electron chi connectivity index (χ3n) is 5.35. The fourth-order valence-corrected chi connectivity index (χ4v) is 4.72. The van der Waals surface area contributed by atoms with Crippen molar-refractivity contribution in [1.82, 2.24) is 20.0 Å². The number of nitrogens with one attached hydrogen (secondary N) is 2. The lowest BCUT2D eigenvalue weighted by molar-refractivity contribution is 0.0917. The molecule has 0 aliphatic rings. The van der Waals surface area contributed by atoms with E-state index in [0.29, 0.717) is 17.0 Å². The minimum Gasteiger partial charge on any atom is -0.354 e. The normalized spacial score (nSPS) is 11.6. The summed E-state index contributed by atoms with van der Waals surface area (Å²) >= 11 is 1.50. The summed E-state index contributed by atoms with van der Waals surface area (Å²) in [6.07, 6.45) is 1.93. The smallest absolute Gasteiger partial charge is 0.270 e. The molecule has 0 aliphatic carbocycles. The van der Waals surface area contributed by atoms with E-state index in [1.54, 1.807) is 7.05 Å². The zero-order chi connectivity index (χ0) is 23.9. The Morgan fingerprint density at radius 2 is 1.70 bits per heavy atom. The van der Waals surface area contributed by atoms with Gasteiger partial charge in [-0.3, -0.25) is 14.0 Å². The van der Waals surface area contributed by atoms with Crippen LogP contribution in [0.1, 0.15) is 52.7 Å². The standard InChI is InChI=1S/C26H28N4O2S/c1-15-7-10-17(11-8-15)21-22(24(32)27-6)30-14-20(33-25(30)28-21)19-13-18(12-9-16(19)2)23(31)29-26(3,4)5/h7-14H,1-6H3,(H,27,32)(H,29,31). The average Bonchev–Trinajstić information content (AvgIpc) is 3.30. The lowest BCUT2D eigenvalue weighted by Gasteiger charge is -2.20. The van der Waals surface area contributed by atoms with Gasteiger partial charge in [-0.2, -0.15) is 0 Å². The Kier molecular flexibility index (Phi) is 5.84. The van der Waals surface area contributed by atoms with Crippen LogP contribution in [0.15, 0.2) is 48.7 Å². The van der Waals surface area contributed by atoms with Gasteiger partial charge in [0.25, 0.3) is 11.8 Å². The van der Waals surface area contributed by atoms with Crippen molar-refractivity contribution in [3.05, 3.63) is 71.0 Å². The number of hydrogen-bond donors (Lipinski definition) is 2. The molecule has 0 atom stereocenters. The molecule has 0 fully saturated rings. The van der Waals surface area contributed by atoms with Gasteiger partial charge in [-0.1, -0.05) is 47.2 Å². The first-order valence-corrected chi connectivity index (χ1v) is 11.6. The lowest BCUT2D eigenvalue weighted by Crippen LogP contribution is -2.40. The molecule has 0 radical (unpaired) electrons. The summed E-state index contributed by atoms with van der Waals surface area (Å²) < 4.78 is 1.84. The molecule has 2 N–H and O–H groups in total. The molecule has 0 saturated carbocycles. The summed E-state index contributed by atoms with van der Waals surface area (Å²) in [4.78, 5) is 32.0. The number of aryl methyl sites for hydroxylation is 2. The first kappa shape index (κ1) is 22.7. The van der Waals surface area contributed by atoms with E-state index in [-0.39, 0.29) is 17.4 Å². The van der Waals surface area contributed by atoms with E-state index < -0.39 is 0 Å². The molecule has 33 heavy (non-hydrogen) atoms. The number of carbonyl (C=O) groups excluding carboxylic acids is 2. The van der Waals surface area contributed by atoms with Crippen molar-refractivity contribution in [3.63, 3.8) is 0 Å². The SMILES string of the molecule is CNC(=O)c1c(-c2ccc(C)cc2)nc2sc(-c3cc(C(=O)NC(C)(C)C)ccc3C)cn12. The molecule has 170 valence electrons. The highest BCUT2D eigenvalue weighted by molar-refractivity contribution is 7.20. The minimum atomic E-state index is -0.319. The van der Waals surface area contributed by atoms with Gasteiger partial charge in [0.05, 0.1) is 4.88 Å². The summed E-state index contributed by atoms with van der Waals surface area (Å²) in [6.45, 7) is 9.92. The largest absolute Gasteiger partial charge is 0.354 e. The molecule has 4 aromatic rings. The van der Waals surface area contributed by atoms with Crippen LogP contribution in [0.5, 0.6) is 0 Å². The van der Waals surface area contributed by atoms with Crippen LogP contribution in [0.4, 0.5) is 0 Å². The van der Waals surface area contributed by atoms with E-state index in [1.807, 2.05) is 87.7 Å². The molecule has 2 heterocycles. The van der Waals surface area contributed by atoms with Crippen LogP contribution in [-0.2, 0) is 0 Å². The molecule has 4 rings (SSSR count). The Labute approximate surface area is 197 Å². The van der Waals surface area contributed by atoms with E-state index in [1.165, 1.54) is 11.3 Å². The second-order valence-electron chi connectivity index (χ2n) is 9.24. The van der Waals surface area contributed by atoms with Crippen molar-refractivity contribution in [2.24, 2.45) is 0 Å². The molecule has 0 saturated heterocycles. The van der Waals surface area contributed by atoms with E-state index in [0.717, 1.165) is 32.1 Å². The van der Waals surface area contributed by atoms with E-state index in [4.69, 9.17) is 4.98 Å². The van der Waals surface area contributed by atoms with Crippen LogP contribution < -0.4 is 10.6 Å². The number of carbonyl (C=O) groups is 2. The van der Waals surface area contributed by atoms with Crippen molar-refractivity contribution in [2.45, 2.75) is 40.2 Å². The van der Waals surface area contributed by atoms with Crippen LogP contribution >= 0.6 is 11.3 Å². The third-order valence-corrected chi connectivity index (χ3v) is 6.36. The van der Waals surface area contributed by atoms with E-state index in [2.05, 4.69) is 10.6 Å². The van der Waals surface area contributed by atoms with Crippen molar-refractivity contribution < 1.29 is 9.59 Å². The highest BCUT2D eigenvalue weighted by Gasteiger charge is 2.23. The molecule has 0 spiro atoms. The summed E-state index contributed by atoms with van der Waals surface area (Å²) in [6, 6.07) is 13.7. The monoisotopic (exact) mass is 460 g/mol. The molecule has 2 aromatic heterocycles. The number of imidazole rings is 1. The average molecular weight is 461 g/mol. The molecular formula is C26H28N4O2S. The summed E-state index contributed by atoms with van der Waals surface area (Å²) in [7, 11) is 1.62. The fourth-order valence-electron chi connectivity index (χ4n) is 3.66. The van der Waals surface area contributed by atoms with Gasteiger partial charge in [-0.25, -0.2) is 4.98 Å². The van der Waals surface area contributed by atoms with Gasteiger partial charge in [-0.05, 0) is 57.9 Å². The van der Waals surface area contributed by atoms with Gasteiger partial charge in [0, 0.05) is 29.9 Å². The second kappa shape index (κ2) is 8.48. The van der Waals surface area contributed by atoms with Gasteiger partial charge in [0.1, 0.15) is 11.4 Å². The molecule has 0 aliphatic heterocycles. The molecule has 0 unspecified atom stereocenters. The summed E-state index contributed by atoms with van der Waals surface area (Å²) in [5, 5.41) is 5.75. The van der Waals surface area contributed by atoms with Gasteiger partial charge >= 0.3 is 0 Å². The number of aromatic nitrogens is 2. The number of hydrogen-bond acceptors (Lipinski definition) is 4. The van der Waals surface area contributed by atoms with Crippen LogP contribution in [0.3, 0.4) is 0 Å². The number of rotatable bonds is 4. The Morgan fingerprint density at radius 3 is 2.33 bits per heavy atom. The summed E-state index contributed by atoms with van der Waals surface area (Å²) in [5.41, 5.74) is 5.48. The maximum Gasteiger partial charge on any atom is 0.270 e. The quantitative estimate of drug-likeness (QED) is 0.438. The Morgan fingerprint density at radius 1 is 1.00 bits per heavy atom. The first-order chi connectivity index (χ1) is 15.6. The van der Waals surface area contributed by atoms with Crippen molar-refractivity contribution >= 4 is 28.1 Å². The van der Waals surface area contributed by atoms with Gasteiger partial charge in [-0.15, -0.1) is 0 Å². The van der Waals surface area contributed by atoms with Crippen LogP contribution in [0.2, 0.25) is 0 Å². The molecule has 6 nitrogen and oxygen atoms in total. The maximum atomic E-state index is 12.8. The molecule has 2 aromatic carbocycles. The number of fused-ring (bicyclic) bond motifs is 1. The first-order valence-electron chi connectivity index (χ1n) is 10.8. The van der Waals surface area contributed by atoms with Gasteiger partial charge in [0.15, 0.2) is 4.96 Å². The van der Waals surface area contributed by atoms with E-state index in [9.17, 15) is 9.59 Å². The van der Waals surface area contributed by atoms with Crippen molar-refractivity contribution in [3.8, 4) is 21.7 Å². The van der Waals surface area contributed by atoms with Gasteiger partial charge < -0.3 is 10.6 Å². The number of nitrogens with zero attached hydrogens (tertiary/aromatic N) is 2. The van der Waals surface area contributed by atoms with E-state index >= 15 is 0 Å². The van der Waals surface area contributed by atoms with Crippen LogP contribution in [0, 0.1) is 13.8 Å². The molecule has 0 bridgehead atoms. The predicted molar refractivity (Wildman–Crippen MR) is 134 cm³/mol. The topological polar surface area (TPSA) is 75.5 Å². The Hall–Kier alpha value is -3.45. The number of thiazole rings is 1. The second-order valence-corrected chi connectivity index (χ2v) is 10.2. The molecule has 7 heteroatoms. The Balaban J connectivity index is 1.81. The predicted octanol–water partition coefficient (Wildman–Crippen LogP) is 5.23.